The van der Waals surface area contributed by atoms with Crippen LogP contribution in [-0.4, -0.2) is 19.0 Å². The van der Waals surface area contributed by atoms with E-state index in [9.17, 15) is 4.79 Å². The van der Waals surface area contributed by atoms with Gasteiger partial charge in [0.1, 0.15) is 0 Å². The number of nitrogens with one attached hydrogen (secondary N) is 2. The van der Waals surface area contributed by atoms with Crippen LogP contribution < -0.4 is 15.5 Å². The molecule has 4 nitrogen and oxygen atoms in total. The second-order valence-corrected chi connectivity index (χ2v) is 7.06. The highest BCUT2D eigenvalue weighted by Gasteiger charge is 2.25. The van der Waals surface area contributed by atoms with Gasteiger partial charge >= 0.3 is 0 Å². The van der Waals surface area contributed by atoms with Gasteiger partial charge in [-0.05, 0) is 74.2 Å². The SMILES string of the molecule is O=C(Nc1ccc(Nc2ccc(N3CCCC3)cc2)cc1)C1CCC1. The molecule has 130 valence electrons. The molecule has 1 saturated heterocycles. The van der Waals surface area contributed by atoms with Crippen LogP contribution in [0.2, 0.25) is 0 Å². The largest absolute Gasteiger partial charge is 0.372 e. The lowest BCUT2D eigenvalue weighted by Crippen LogP contribution is -2.27. The van der Waals surface area contributed by atoms with Crippen molar-refractivity contribution < 1.29 is 4.79 Å². The number of benzene rings is 2. The van der Waals surface area contributed by atoms with Crippen LogP contribution in [0.25, 0.3) is 0 Å². The lowest BCUT2D eigenvalue weighted by atomic mass is 9.85. The first-order valence-corrected chi connectivity index (χ1v) is 9.31. The van der Waals surface area contributed by atoms with Crippen LogP contribution in [0.15, 0.2) is 48.5 Å². The molecular formula is C21H25N3O. The number of amides is 1. The molecule has 4 heteroatoms. The van der Waals surface area contributed by atoms with Crippen molar-refractivity contribution in [2.75, 3.05) is 28.6 Å². The summed E-state index contributed by atoms with van der Waals surface area (Å²) in [5.41, 5.74) is 4.27. The van der Waals surface area contributed by atoms with Crippen LogP contribution in [0.4, 0.5) is 22.7 Å². The third-order valence-corrected chi connectivity index (χ3v) is 5.26. The molecular weight excluding hydrogens is 310 g/mol. The Kier molecular flexibility index (Phi) is 4.59. The van der Waals surface area contributed by atoms with E-state index in [4.69, 9.17) is 0 Å². The van der Waals surface area contributed by atoms with E-state index in [1.165, 1.54) is 38.0 Å². The van der Waals surface area contributed by atoms with E-state index in [1.54, 1.807) is 0 Å². The lowest BCUT2D eigenvalue weighted by Gasteiger charge is -2.24. The molecule has 1 amide bonds. The molecule has 1 saturated carbocycles. The normalized spacial score (nSPS) is 17.2. The maximum Gasteiger partial charge on any atom is 0.227 e. The number of hydrogen-bond acceptors (Lipinski definition) is 3. The minimum Gasteiger partial charge on any atom is -0.372 e. The molecule has 0 bridgehead atoms. The van der Waals surface area contributed by atoms with Gasteiger partial charge in [-0.25, -0.2) is 0 Å². The van der Waals surface area contributed by atoms with Crippen molar-refractivity contribution in [1.82, 2.24) is 0 Å². The molecule has 2 aliphatic rings. The summed E-state index contributed by atoms with van der Waals surface area (Å²) in [5.74, 6) is 0.372. The fourth-order valence-corrected chi connectivity index (χ4v) is 3.45. The van der Waals surface area contributed by atoms with Crippen molar-refractivity contribution in [2.24, 2.45) is 5.92 Å². The third-order valence-electron chi connectivity index (χ3n) is 5.26. The number of carbonyl (C=O) groups is 1. The van der Waals surface area contributed by atoms with Gasteiger partial charge in [0.2, 0.25) is 5.91 Å². The molecule has 2 N–H and O–H groups in total. The molecule has 25 heavy (non-hydrogen) atoms. The zero-order valence-corrected chi connectivity index (χ0v) is 14.5. The molecule has 0 spiro atoms. The molecule has 2 fully saturated rings. The lowest BCUT2D eigenvalue weighted by molar-refractivity contribution is -0.122. The van der Waals surface area contributed by atoms with E-state index in [2.05, 4.69) is 39.8 Å². The number of rotatable bonds is 5. The zero-order valence-electron chi connectivity index (χ0n) is 14.5. The molecule has 0 unspecified atom stereocenters. The standard InChI is InChI=1S/C21H25N3O/c25-21(16-4-3-5-16)23-19-8-6-17(7-9-19)22-18-10-12-20(13-11-18)24-14-1-2-15-24/h6-13,16,22H,1-5,14-15H2,(H,23,25). The van der Waals surface area contributed by atoms with Crippen molar-refractivity contribution >= 4 is 28.7 Å². The first-order chi connectivity index (χ1) is 12.3. The molecule has 1 aliphatic heterocycles. The van der Waals surface area contributed by atoms with Crippen LogP contribution in [0, 0.1) is 5.92 Å². The fourth-order valence-electron chi connectivity index (χ4n) is 3.45. The summed E-state index contributed by atoms with van der Waals surface area (Å²) >= 11 is 0. The van der Waals surface area contributed by atoms with Crippen LogP contribution in [0.1, 0.15) is 32.1 Å². The van der Waals surface area contributed by atoms with E-state index in [-0.39, 0.29) is 11.8 Å². The van der Waals surface area contributed by atoms with Crippen molar-refractivity contribution in [3.05, 3.63) is 48.5 Å². The summed E-state index contributed by atoms with van der Waals surface area (Å²) < 4.78 is 0. The van der Waals surface area contributed by atoms with E-state index >= 15 is 0 Å². The predicted molar refractivity (Wildman–Crippen MR) is 104 cm³/mol. The Hall–Kier alpha value is -2.49. The average molecular weight is 335 g/mol. The van der Waals surface area contributed by atoms with Crippen LogP contribution in [0.3, 0.4) is 0 Å². The number of nitrogens with zero attached hydrogens (tertiary/aromatic N) is 1. The van der Waals surface area contributed by atoms with Gasteiger partial charge in [-0.2, -0.15) is 0 Å². The Morgan fingerprint density at radius 2 is 1.36 bits per heavy atom. The summed E-state index contributed by atoms with van der Waals surface area (Å²) in [4.78, 5) is 14.4. The minimum atomic E-state index is 0.157. The Labute approximate surface area is 149 Å². The van der Waals surface area contributed by atoms with Gasteiger partial charge in [-0.15, -0.1) is 0 Å². The Morgan fingerprint density at radius 1 is 0.800 bits per heavy atom. The Bertz CT molecular complexity index is 714. The third kappa shape index (κ3) is 3.78. The van der Waals surface area contributed by atoms with E-state index in [0.29, 0.717) is 0 Å². The number of carbonyl (C=O) groups excluding carboxylic acids is 1. The summed E-state index contributed by atoms with van der Waals surface area (Å²) in [6.07, 6.45) is 5.82. The maximum absolute atomic E-state index is 12.0. The first-order valence-electron chi connectivity index (χ1n) is 9.31. The minimum absolute atomic E-state index is 0.157. The molecule has 1 heterocycles. The van der Waals surface area contributed by atoms with Gasteiger partial charge in [-0.1, -0.05) is 6.42 Å². The van der Waals surface area contributed by atoms with Gasteiger partial charge in [-0.3, -0.25) is 4.79 Å². The average Bonchev–Trinajstić information content (AvgIpc) is 3.10. The van der Waals surface area contributed by atoms with Crippen molar-refractivity contribution in [1.29, 1.82) is 0 Å². The fraction of sp³-hybridized carbons (Fsp3) is 0.381. The summed E-state index contributed by atoms with van der Waals surface area (Å²) in [6.45, 7) is 2.33. The Morgan fingerprint density at radius 3 is 1.92 bits per heavy atom. The second-order valence-electron chi connectivity index (χ2n) is 7.06. The quantitative estimate of drug-likeness (QED) is 0.827. The predicted octanol–water partition coefficient (Wildman–Crippen LogP) is 4.77. The zero-order chi connectivity index (χ0) is 17.1. The van der Waals surface area contributed by atoms with E-state index in [0.717, 1.165) is 29.9 Å². The second kappa shape index (κ2) is 7.18. The van der Waals surface area contributed by atoms with Crippen molar-refractivity contribution in [2.45, 2.75) is 32.1 Å². The number of hydrogen-bond donors (Lipinski definition) is 2. The van der Waals surface area contributed by atoms with Crippen LogP contribution in [-0.2, 0) is 4.79 Å². The van der Waals surface area contributed by atoms with Crippen LogP contribution >= 0.6 is 0 Å². The van der Waals surface area contributed by atoms with E-state index < -0.39 is 0 Å². The summed E-state index contributed by atoms with van der Waals surface area (Å²) in [7, 11) is 0. The van der Waals surface area contributed by atoms with Crippen LogP contribution in [0.5, 0.6) is 0 Å². The topological polar surface area (TPSA) is 44.4 Å². The molecule has 0 radical (unpaired) electrons. The molecule has 0 atom stereocenters. The van der Waals surface area contributed by atoms with Gasteiger partial charge < -0.3 is 15.5 Å². The summed E-state index contributed by atoms with van der Waals surface area (Å²) in [5, 5.41) is 6.42. The van der Waals surface area contributed by atoms with Crippen molar-refractivity contribution in [3.63, 3.8) is 0 Å². The Balaban J connectivity index is 1.34. The van der Waals surface area contributed by atoms with Gasteiger partial charge in [0.05, 0.1) is 0 Å². The highest BCUT2D eigenvalue weighted by atomic mass is 16.1. The molecule has 0 aromatic heterocycles. The molecule has 2 aromatic rings. The van der Waals surface area contributed by atoms with Gasteiger partial charge in [0.25, 0.3) is 0 Å². The van der Waals surface area contributed by atoms with Gasteiger partial charge in [0, 0.05) is 41.8 Å². The summed E-state index contributed by atoms with van der Waals surface area (Å²) in [6, 6.07) is 16.5. The maximum atomic E-state index is 12.0. The van der Waals surface area contributed by atoms with E-state index in [1.807, 2.05) is 24.3 Å². The molecule has 4 rings (SSSR count). The first kappa shape index (κ1) is 16.0. The molecule has 2 aromatic carbocycles. The molecule has 1 aliphatic carbocycles. The highest BCUT2D eigenvalue weighted by molar-refractivity contribution is 5.93. The van der Waals surface area contributed by atoms with Crippen molar-refractivity contribution in [3.8, 4) is 0 Å². The monoisotopic (exact) mass is 335 g/mol. The highest BCUT2D eigenvalue weighted by Crippen LogP contribution is 2.28. The number of anilines is 4. The van der Waals surface area contributed by atoms with Gasteiger partial charge in [0.15, 0.2) is 0 Å². The smallest absolute Gasteiger partial charge is 0.227 e.